The Bertz CT molecular complexity index is 988. The van der Waals surface area contributed by atoms with Gasteiger partial charge in [0.15, 0.2) is 0 Å². The van der Waals surface area contributed by atoms with Crippen LogP contribution in [0.5, 0.6) is 11.5 Å². The lowest BCUT2D eigenvalue weighted by Crippen LogP contribution is -2.32. The predicted molar refractivity (Wildman–Crippen MR) is 110 cm³/mol. The maximum atomic E-state index is 13.2. The van der Waals surface area contributed by atoms with Crippen LogP contribution in [0.25, 0.3) is 0 Å². The summed E-state index contributed by atoms with van der Waals surface area (Å²) in [6.45, 7) is 0.738. The highest BCUT2D eigenvalue weighted by molar-refractivity contribution is 7.89. The second-order valence-electron chi connectivity index (χ2n) is 7.10. The number of sulfonamides is 1. The summed E-state index contributed by atoms with van der Waals surface area (Å²) < 4.78 is 38.7. The van der Waals surface area contributed by atoms with Crippen molar-refractivity contribution in [3.63, 3.8) is 0 Å². The first-order valence-electron chi connectivity index (χ1n) is 9.40. The van der Waals surface area contributed by atoms with Crippen molar-refractivity contribution in [2.45, 2.75) is 24.3 Å². The summed E-state index contributed by atoms with van der Waals surface area (Å²) in [6, 6.07) is 12.2. The number of hydrogen-bond donors (Lipinski definition) is 0. The van der Waals surface area contributed by atoms with E-state index in [-0.39, 0.29) is 30.5 Å². The van der Waals surface area contributed by atoms with Crippen molar-refractivity contribution < 1.29 is 22.7 Å². The number of fused-ring (bicyclic) bond motifs is 1. The summed E-state index contributed by atoms with van der Waals surface area (Å²) in [7, 11) is 1.27. The smallest absolute Gasteiger partial charge is 0.243 e. The highest BCUT2D eigenvalue weighted by atomic mass is 32.2. The van der Waals surface area contributed by atoms with Crippen LogP contribution in [0.2, 0.25) is 0 Å². The minimum Gasteiger partial charge on any atom is -0.497 e. The maximum absolute atomic E-state index is 13.2. The van der Waals surface area contributed by atoms with Gasteiger partial charge in [-0.15, -0.1) is 0 Å². The van der Waals surface area contributed by atoms with E-state index < -0.39 is 10.0 Å². The average Bonchev–Trinajstić information content (AvgIpc) is 2.94. The second kappa shape index (κ2) is 8.84. The molecule has 0 spiro atoms. The summed E-state index contributed by atoms with van der Waals surface area (Å²) in [5.41, 5.74) is 1.77. The van der Waals surface area contributed by atoms with E-state index in [1.165, 1.54) is 17.5 Å². The molecule has 1 aliphatic rings. The first-order valence-corrected chi connectivity index (χ1v) is 10.8. The Labute approximate surface area is 171 Å². The Morgan fingerprint density at radius 3 is 2.72 bits per heavy atom. The SMILES string of the molecule is COc1cccc(S(=O)(=O)N2CCOc3ccc(CCC(=O)N(C)C)cc3C2)c1. The monoisotopic (exact) mass is 418 g/mol. The van der Waals surface area contributed by atoms with E-state index in [0.29, 0.717) is 24.3 Å². The fraction of sp³-hybridized carbons (Fsp3) is 0.381. The van der Waals surface area contributed by atoms with Crippen molar-refractivity contribution >= 4 is 15.9 Å². The van der Waals surface area contributed by atoms with Gasteiger partial charge in [-0.1, -0.05) is 18.2 Å². The van der Waals surface area contributed by atoms with E-state index >= 15 is 0 Å². The summed E-state index contributed by atoms with van der Waals surface area (Å²) in [5.74, 6) is 1.22. The molecule has 2 aromatic carbocycles. The predicted octanol–water partition coefficient (Wildman–Crippen LogP) is 2.30. The van der Waals surface area contributed by atoms with Crippen LogP contribution in [-0.2, 0) is 27.8 Å². The van der Waals surface area contributed by atoms with Gasteiger partial charge >= 0.3 is 0 Å². The first-order chi connectivity index (χ1) is 13.8. The quantitative estimate of drug-likeness (QED) is 0.720. The summed E-state index contributed by atoms with van der Waals surface area (Å²) in [4.78, 5) is 13.6. The summed E-state index contributed by atoms with van der Waals surface area (Å²) in [5, 5.41) is 0. The zero-order valence-electron chi connectivity index (χ0n) is 16.9. The number of carbonyl (C=O) groups is 1. The molecule has 156 valence electrons. The normalized spacial score (nSPS) is 14.4. The molecule has 0 aromatic heterocycles. The van der Waals surface area contributed by atoms with E-state index in [2.05, 4.69) is 0 Å². The number of ether oxygens (including phenoxy) is 2. The van der Waals surface area contributed by atoms with Crippen molar-refractivity contribution in [3.05, 3.63) is 53.6 Å². The van der Waals surface area contributed by atoms with Crippen LogP contribution in [0.4, 0.5) is 0 Å². The Morgan fingerprint density at radius 1 is 1.21 bits per heavy atom. The number of nitrogens with zero attached hydrogens (tertiary/aromatic N) is 2. The fourth-order valence-corrected chi connectivity index (χ4v) is 4.61. The first kappa shape index (κ1) is 21.1. The topological polar surface area (TPSA) is 76.1 Å². The standard InChI is InChI=1S/C21H26N2O5S/c1-22(2)21(24)10-8-16-7-9-20-17(13-16)15-23(11-12-28-20)29(25,26)19-6-4-5-18(14-19)27-3/h4-7,9,13-14H,8,10-12,15H2,1-3H3. The minimum atomic E-state index is -3.70. The number of rotatable bonds is 6. The number of hydrogen-bond acceptors (Lipinski definition) is 5. The van der Waals surface area contributed by atoms with Crippen LogP contribution in [0.15, 0.2) is 47.4 Å². The zero-order chi connectivity index (χ0) is 21.0. The highest BCUT2D eigenvalue weighted by Crippen LogP contribution is 2.29. The molecular weight excluding hydrogens is 392 g/mol. The van der Waals surface area contributed by atoms with Crippen molar-refractivity contribution in [1.82, 2.24) is 9.21 Å². The molecule has 0 saturated heterocycles. The van der Waals surface area contributed by atoms with Crippen LogP contribution < -0.4 is 9.47 Å². The van der Waals surface area contributed by atoms with Crippen LogP contribution >= 0.6 is 0 Å². The number of amides is 1. The number of benzene rings is 2. The molecule has 8 heteroatoms. The molecule has 2 aromatic rings. The maximum Gasteiger partial charge on any atom is 0.243 e. The Kier molecular flexibility index (Phi) is 6.44. The number of carbonyl (C=O) groups excluding carboxylic acids is 1. The van der Waals surface area contributed by atoms with E-state index in [1.54, 1.807) is 37.2 Å². The summed E-state index contributed by atoms with van der Waals surface area (Å²) >= 11 is 0. The third-order valence-corrected chi connectivity index (χ3v) is 6.72. The van der Waals surface area contributed by atoms with E-state index in [0.717, 1.165) is 11.1 Å². The van der Waals surface area contributed by atoms with Crippen molar-refractivity contribution in [1.29, 1.82) is 0 Å². The number of methoxy groups -OCH3 is 1. The van der Waals surface area contributed by atoms with E-state index in [1.807, 2.05) is 18.2 Å². The molecule has 1 amide bonds. The second-order valence-corrected chi connectivity index (χ2v) is 9.03. The molecule has 0 aliphatic carbocycles. The molecule has 0 saturated carbocycles. The van der Waals surface area contributed by atoms with Crippen molar-refractivity contribution in [3.8, 4) is 11.5 Å². The van der Waals surface area contributed by atoms with Crippen molar-refractivity contribution in [2.75, 3.05) is 34.4 Å². The zero-order valence-corrected chi connectivity index (χ0v) is 17.7. The Morgan fingerprint density at radius 2 is 2.00 bits per heavy atom. The van der Waals surface area contributed by atoms with Gasteiger partial charge in [0.2, 0.25) is 15.9 Å². The Balaban J connectivity index is 1.83. The molecule has 1 heterocycles. The molecular formula is C21H26N2O5S. The highest BCUT2D eigenvalue weighted by Gasteiger charge is 2.28. The lowest BCUT2D eigenvalue weighted by molar-refractivity contribution is -0.128. The lowest BCUT2D eigenvalue weighted by atomic mass is 10.0. The van der Waals surface area contributed by atoms with Crippen LogP contribution in [-0.4, -0.2) is 57.9 Å². The molecule has 3 rings (SSSR count). The van der Waals surface area contributed by atoms with Gasteiger partial charge in [0, 0.05) is 45.2 Å². The molecule has 0 atom stereocenters. The van der Waals surface area contributed by atoms with Gasteiger partial charge in [-0.3, -0.25) is 4.79 Å². The van der Waals surface area contributed by atoms with Crippen LogP contribution in [0.1, 0.15) is 17.5 Å². The molecule has 0 N–H and O–H groups in total. The van der Waals surface area contributed by atoms with E-state index in [9.17, 15) is 13.2 Å². The van der Waals surface area contributed by atoms with Gasteiger partial charge in [0.05, 0.1) is 12.0 Å². The molecule has 29 heavy (non-hydrogen) atoms. The fourth-order valence-electron chi connectivity index (χ4n) is 3.17. The summed E-state index contributed by atoms with van der Waals surface area (Å²) in [6.07, 6.45) is 0.991. The number of aryl methyl sites for hydroxylation is 1. The molecule has 1 aliphatic heterocycles. The van der Waals surface area contributed by atoms with Gasteiger partial charge in [0.25, 0.3) is 0 Å². The van der Waals surface area contributed by atoms with E-state index in [4.69, 9.17) is 9.47 Å². The molecule has 0 unspecified atom stereocenters. The molecule has 0 bridgehead atoms. The molecule has 0 fully saturated rings. The van der Waals surface area contributed by atoms with Crippen molar-refractivity contribution in [2.24, 2.45) is 0 Å². The van der Waals surface area contributed by atoms with Gasteiger partial charge in [-0.25, -0.2) is 8.42 Å². The lowest BCUT2D eigenvalue weighted by Gasteiger charge is -2.20. The van der Waals surface area contributed by atoms with Gasteiger partial charge < -0.3 is 14.4 Å². The van der Waals surface area contributed by atoms with Crippen LogP contribution in [0, 0.1) is 0 Å². The van der Waals surface area contributed by atoms with Gasteiger partial charge in [-0.2, -0.15) is 4.31 Å². The molecule has 0 radical (unpaired) electrons. The van der Waals surface area contributed by atoms with Gasteiger partial charge in [-0.05, 0) is 30.2 Å². The molecule has 7 nitrogen and oxygen atoms in total. The largest absolute Gasteiger partial charge is 0.497 e. The van der Waals surface area contributed by atoms with Gasteiger partial charge in [0.1, 0.15) is 18.1 Å². The average molecular weight is 419 g/mol. The third-order valence-electron chi connectivity index (χ3n) is 4.88. The van der Waals surface area contributed by atoms with Crippen LogP contribution in [0.3, 0.4) is 0 Å². The third kappa shape index (κ3) is 4.89. The minimum absolute atomic E-state index is 0.0541. The Hall–Kier alpha value is -2.58.